The van der Waals surface area contributed by atoms with Gasteiger partial charge in [-0.3, -0.25) is 29.0 Å². The van der Waals surface area contributed by atoms with Gasteiger partial charge in [-0.15, -0.1) is 23.1 Å². The number of nitrogens with one attached hydrogen (secondary N) is 4. The molecule has 0 saturated heterocycles. The number of aromatic nitrogens is 21. The topological polar surface area (TPSA) is 416 Å². The molecule has 15 aromatic rings. The Kier molecular flexibility index (Phi) is 26.0. The Balaban J connectivity index is 0.000000114. The van der Waals surface area contributed by atoms with E-state index in [1.807, 2.05) is 13.8 Å². The molecule has 0 aromatic carbocycles. The molecular formula is C98H93ClF9N21O8S2. The van der Waals surface area contributed by atoms with Crippen molar-refractivity contribution in [3.63, 3.8) is 0 Å². The molecule has 720 valence electrons. The van der Waals surface area contributed by atoms with Gasteiger partial charge in [-0.2, -0.15) is 24.1 Å². The molecule has 29 nitrogen and oxygen atoms in total. The van der Waals surface area contributed by atoms with E-state index >= 15 is 13.2 Å². The van der Waals surface area contributed by atoms with Crippen molar-refractivity contribution in [2.45, 2.75) is 159 Å². The summed E-state index contributed by atoms with van der Waals surface area (Å²) < 4.78 is 132. The van der Waals surface area contributed by atoms with Gasteiger partial charge in [0.25, 0.3) is 0 Å². The molecule has 0 spiro atoms. The lowest BCUT2D eigenvalue weighted by Gasteiger charge is -2.46. The lowest BCUT2D eigenvalue weighted by atomic mass is 9.57. The second-order valence-corrected chi connectivity index (χ2v) is 41.4. The highest BCUT2D eigenvalue weighted by Crippen LogP contribution is 2.56. The number of rotatable bonds is 22. The minimum atomic E-state index is -2.80. The molecule has 41 heteroatoms. The van der Waals surface area contributed by atoms with E-state index in [0.717, 1.165) is 128 Å². The summed E-state index contributed by atoms with van der Waals surface area (Å²) >= 11 is 8.62. The zero-order valence-electron chi connectivity index (χ0n) is 75.0. The van der Waals surface area contributed by atoms with E-state index in [-0.39, 0.29) is 152 Å². The number of fused-ring (bicyclic) bond motifs is 16. The van der Waals surface area contributed by atoms with Gasteiger partial charge in [0.2, 0.25) is 0 Å². The third kappa shape index (κ3) is 18.7. The molecule has 27 rings (SSSR count). The Labute approximate surface area is 799 Å². The first-order valence-electron chi connectivity index (χ1n) is 46.6. The van der Waals surface area contributed by atoms with Crippen molar-refractivity contribution >= 4 is 103 Å². The summed E-state index contributed by atoms with van der Waals surface area (Å²) in [5, 5.41) is 57.0. The Bertz CT molecular complexity index is 7000. The summed E-state index contributed by atoms with van der Waals surface area (Å²) in [6.45, 7) is 1.12. The first-order valence-corrected chi connectivity index (χ1v) is 48.7. The van der Waals surface area contributed by atoms with Gasteiger partial charge >= 0.3 is 30.4 Å². The van der Waals surface area contributed by atoms with Gasteiger partial charge in [0, 0.05) is 87.4 Å². The lowest BCUT2D eigenvalue weighted by molar-refractivity contribution is -0.153. The number of thiophene rings is 1. The minimum Gasteiger partial charge on any atom is -0.481 e. The van der Waals surface area contributed by atoms with Crippen LogP contribution in [0.1, 0.15) is 146 Å². The molecule has 12 aliphatic rings. The highest BCUT2D eigenvalue weighted by atomic mass is 35.5. The van der Waals surface area contributed by atoms with Gasteiger partial charge in [-0.25, -0.2) is 95.2 Å². The van der Waals surface area contributed by atoms with Crippen LogP contribution in [-0.2, 0) is 51.9 Å². The third-order valence-electron chi connectivity index (χ3n) is 30.0. The van der Waals surface area contributed by atoms with Crippen LogP contribution in [0.2, 0.25) is 4.34 Å². The van der Waals surface area contributed by atoms with Gasteiger partial charge in [0.1, 0.15) is 68.0 Å². The van der Waals surface area contributed by atoms with E-state index in [0.29, 0.717) is 110 Å². The fraction of sp³-hybridized carbons (Fsp3) is 0.418. The molecule has 12 aliphatic carbocycles. The number of halogens is 10. The van der Waals surface area contributed by atoms with Crippen LogP contribution in [0.4, 0.5) is 39.5 Å². The summed E-state index contributed by atoms with van der Waals surface area (Å²) in [7, 11) is 1.72. The standard InChI is InChI=1S/C25H21ClF2N4O2S.C25H23F3N6O2.C24H23F2N7O2.C24H26F2N4O2S/c26-19-6-5-18(35-19)22-21(28)17(8-14-11-1-3-12(4-2-11)20(14)25(33)34)31-24(32-22)16-10-30-23-15(16)7-13(27)9-29-23;26-14-7-17-18(11-30-22(17)29-10-14)23-31-15(9-20(32-23)19-5-6-34(33-19)25(27)28)8-16-12-1-3-13(4-2-12)21(16)24(35)36;1-33-10-13(8-28-33)20-19(26)17(7-15-11-2-4-12(5-3-11)18(15)24(34)35)29-23(30-20)21-16-6-14(25)9-27-22(16)32-31-21;1-11(2)33-23-20(26)18(8-15-12-3-5-13(6-4-12)19(15)24(31)32)29-22(30-23)17-10-28-21-16(17)7-14(25)9-27-21/h5-7,9-12,14,20H,1-4,8H2,(H,29,30)(H,33,34);5-7,9-13,16,21,25H,1-4,8H2,(H,29,30)(H,35,36);6,8-12,15,18H,2-5,7H2,1H3,(H,34,35)(H,27,31,32);7,9-13,15,19H,3-6,8H2,1-2H3,(H,27,28)(H,31,32). The zero-order chi connectivity index (χ0) is 96.8. The summed E-state index contributed by atoms with van der Waals surface area (Å²) in [5.41, 5.74) is 5.93. The maximum Gasteiger partial charge on any atom is 0.333 e. The molecule has 8 unspecified atom stereocenters. The quantitative estimate of drug-likeness (QED) is 0.0177. The average molecular weight is 1960 g/mol. The largest absolute Gasteiger partial charge is 0.481 e. The number of carboxylic acid groups (broad SMARTS) is 4. The normalized spacial score (nSPS) is 23.9. The van der Waals surface area contributed by atoms with Crippen LogP contribution in [0.25, 0.3) is 123 Å². The Morgan fingerprint density at radius 3 is 1.30 bits per heavy atom. The molecule has 0 radical (unpaired) electrons. The number of pyridine rings is 4. The van der Waals surface area contributed by atoms with Crippen LogP contribution in [0, 0.1) is 135 Å². The summed E-state index contributed by atoms with van der Waals surface area (Å²) in [6, 6.07) is 11.8. The fourth-order valence-corrected chi connectivity index (χ4v) is 25.6. The van der Waals surface area contributed by atoms with Crippen LogP contribution >= 0.6 is 34.7 Å². The van der Waals surface area contributed by atoms with Crippen LogP contribution in [0.3, 0.4) is 0 Å². The minimum absolute atomic E-state index is 0.0538. The second kappa shape index (κ2) is 38.7. The van der Waals surface area contributed by atoms with Crippen molar-refractivity contribution in [3.05, 3.63) is 178 Å². The number of hydrogen-bond acceptors (Lipinski definition) is 21. The van der Waals surface area contributed by atoms with E-state index in [2.05, 4.69) is 90.2 Å². The van der Waals surface area contributed by atoms with Gasteiger partial charge in [0.05, 0.1) is 92.0 Å². The monoisotopic (exact) mass is 1960 g/mol. The van der Waals surface area contributed by atoms with Crippen molar-refractivity contribution in [2.24, 2.45) is 102 Å². The number of aromatic amines is 4. The first kappa shape index (κ1) is 93.7. The summed E-state index contributed by atoms with van der Waals surface area (Å²) in [4.78, 5) is 111. The number of H-pyrrole nitrogens is 4. The van der Waals surface area contributed by atoms with E-state index in [1.165, 1.54) is 65.8 Å². The SMILES string of the molecule is CC(C)Sc1nc(-c2c[nH]c3ncc(F)cc23)nc(CC2C3CCC(CC3)C2C(=O)O)c1F.Cn1cc(-c2nc(-c3[nH]nc4ncc(F)cc34)nc(CC3C4CCC(CC4)C3C(=O)O)c2F)cn1.O=C(O)C1C2CCC(CC2)C1Cc1cc(-c2ccn(C(F)F)n2)nc(-c2c[nH]c3ncc(F)cc23)n1.O=C(O)C1C2CCC(CC2)C1Cc1nc(-c2c[nH]c3ncc(F)cc23)nc(-c2ccc(Cl)s2)c1F. The van der Waals surface area contributed by atoms with Crippen LogP contribution in [-0.4, -0.2) is 154 Å². The van der Waals surface area contributed by atoms with E-state index in [4.69, 9.17) is 16.6 Å². The molecular weight excluding hydrogens is 1870 g/mol. The van der Waals surface area contributed by atoms with Crippen LogP contribution in [0.5, 0.6) is 0 Å². The van der Waals surface area contributed by atoms with Crippen molar-refractivity contribution in [1.82, 2.24) is 105 Å². The summed E-state index contributed by atoms with van der Waals surface area (Å²) in [5.74, 6) is -7.02. The number of hydrogen-bond donors (Lipinski definition) is 8. The van der Waals surface area contributed by atoms with Crippen molar-refractivity contribution in [1.29, 1.82) is 0 Å². The number of aryl methyl sites for hydroxylation is 1. The second-order valence-electron chi connectivity index (χ2n) is 38.1. The number of nitrogens with zero attached hydrogens (tertiary/aromatic N) is 17. The zero-order valence-corrected chi connectivity index (χ0v) is 77.4. The third-order valence-corrected chi connectivity index (χ3v) is 32.2. The predicted molar refractivity (Wildman–Crippen MR) is 495 cm³/mol. The number of aliphatic carboxylic acids is 4. The van der Waals surface area contributed by atoms with Gasteiger partial charge in [0.15, 0.2) is 46.4 Å². The van der Waals surface area contributed by atoms with Crippen LogP contribution < -0.4 is 0 Å². The molecule has 8 N–H and O–H groups in total. The Morgan fingerprint density at radius 2 is 0.878 bits per heavy atom. The number of alkyl halides is 2. The highest BCUT2D eigenvalue weighted by Gasteiger charge is 2.52. The molecule has 12 fully saturated rings. The predicted octanol–water partition coefficient (Wildman–Crippen LogP) is 20.7. The highest BCUT2D eigenvalue weighted by molar-refractivity contribution is 7.99. The first-order chi connectivity index (χ1) is 67.0. The van der Waals surface area contributed by atoms with Gasteiger partial charge in [-0.05, 0) is 248 Å². The maximum atomic E-state index is 15.9. The average Bonchev–Trinajstić information content (AvgIpc) is 1.63. The fourth-order valence-electron chi connectivity index (χ4n) is 23.8. The van der Waals surface area contributed by atoms with Crippen molar-refractivity contribution in [2.75, 3.05) is 0 Å². The van der Waals surface area contributed by atoms with Crippen molar-refractivity contribution in [3.8, 4) is 78.9 Å². The van der Waals surface area contributed by atoms with E-state index in [9.17, 15) is 65.9 Å². The van der Waals surface area contributed by atoms with Crippen LogP contribution in [0.15, 0.2) is 116 Å². The Morgan fingerprint density at radius 1 is 0.468 bits per heavy atom. The van der Waals surface area contributed by atoms with E-state index < -0.39 is 94.8 Å². The molecule has 15 aromatic heterocycles. The molecule has 15 heterocycles. The van der Waals surface area contributed by atoms with Crippen molar-refractivity contribution < 1.29 is 79.1 Å². The van der Waals surface area contributed by atoms with Gasteiger partial charge in [-0.1, -0.05) is 25.4 Å². The summed E-state index contributed by atoms with van der Waals surface area (Å²) in [6.07, 6.45) is 29.8. The number of carbonyl (C=O) groups is 4. The molecule has 0 amide bonds. The molecule has 8 atom stereocenters. The maximum absolute atomic E-state index is 15.9. The Hall–Kier alpha value is -13.0. The smallest absolute Gasteiger partial charge is 0.333 e. The number of thioether (sulfide) groups is 1. The van der Waals surface area contributed by atoms with Gasteiger partial charge < -0.3 is 35.4 Å². The molecule has 0 aliphatic heterocycles. The molecule has 12 saturated carbocycles. The molecule has 139 heavy (non-hydrogen) atoms. The van der Waals surface area contributed by atoms with E-state index in [1.54, 1.807) is 54.7 Å². The number of carboxylic acids is 4. The lowest BCUT2D eigenvalue weighted by Crippen LogP contribution is -2.45. The molecule has 8 bridgehead atoms.